The SMILES string of the molecule is COC(=O)N(CCNC(=O)Cc1ccc(Cl)c(Cl)c1)[C@@H]1CCC[C@@H](N2CCCC2)C1. The molecule has 1 heterocycles. The van der Waals surface area contributed by atoms with Crippen molar-refractivity contribution in [3.63, 3.8) is 0 Å². The van der Waals surface area contributed by atoms with Crippen LogP contribution in [0.4, 0.5) is 4.79 Å². The predicted octanol–water partition coefficient (Wildman–Crippen LogP) is 4.13. The lowest BCUT2D eigenvalue weighted by atomic mass is 9.89. The van der Waals surface area contributed by atoms with Gasteiger partial charge >= 0.3 is 6.09 Å². The van der Waals surface area contributed by atoms with Crippen LogP contribution in [0, 0.1) is 0 Å². The Balaban J connectivity index is 1.51. The van der Waals surface area contributed by atoms with Crippen molar-refractivity contribution < 1.29 is 14.3 Å². The fourth-order valence-corrected chi connectivity index (χ4v) is 4.93. The van der Waals surface area contributed by atoms with E-state index < -0.39 is 0 Å². The molecule has 2 aliphatic rings. The van der Waals surface area contributed by atoms with E-state index in [1.54, 1.807) is 23.1 Å². The highest BCUT2D eigenvalue weighted by atomic mass is 35.5. The van der Waals surface area contributed by atoms with E-state index >= 15 is 0 Å². The van der Waals surface area contributed by atoms with Gasteiger partial charge in [0.1, 0.15) is 0 Å². The van der Waals surface area contributed by atoms with Crippen LogP contribution in [0.1, 0.15) is 44.1 Å². The van der Waals surface area contributed by atoms with Gasteiger partial charge in [0.05, 0.1) is 23.6 Å². The van der Waals surface area contributed by atoms with Gasteiger partial charge in [0.2, 0.25) is 5.91 Å². The molecule has 2 atom stereocenters. The van der Waals surface area contributed by atoms with Crippen LogP contribution in [-0.2, 0) is 16.0 Å². The topological polar surface area (TPSA) is 61.9 Å². The first-order valence-corrected chi connectivity index (χ1v) is 11.5. The van der Waals surface area contributed by atoms with Crippen molar-refractivity contribution in [2.75, 3.05) is 33.3 Å². The number of hydrogen-bond donors (Lipinski definition) is 1. The number of halogens is 2. The molecule has 1 aromatic carbocycles. The Labute approximate surface area is 188 Å². The zero-order valence-corrected chi connectivity index (χ0v) is 19.1. The molecule has 1 aliphatic heterocycles. The molecule has 0 aromatic heterocycles. The van der Waals surface area contributed by atoms with Crippen LogP contribution in [0.5, 0.6) is 0 Å². The highest BCUT2D eigenvalue weighted by Crippen LogP contribution is 2.29. The molecule has 1 saturated heterocycles. The van der Waals surface area contributed by atoms with Crippen LogP contribution in [0.3, 0.4) is 0 Å². The molecule has 2 fully saturated rings. The van der Waals surface area contributed by atoms with E-state index in [0.29, 0.717) is 29.2 Å². The summed E-state index contributed by atoms with van der Waals surface area (Å²) in [5, 5.41) is 3.81. The minimum absolute atomic E-state index is 0.114. The van der Waals surface area contributed by atoms with Crippen molar-refractivity contribution in [2.24, 2.45) is 0 Å². The third kappa shape index (κ3) is 6.25. The lowest BCUT2D eigenvalue weighted by Crippen LogP contribution is -2.49. The molecule has 1 N–H and O–H groups in total. The first-order chi connectivity index (χ1) is 14.5. The zero-order valence-electron chi connectivity index (χ0n) is 17.5. The Hall–Kier alpha value is -1.50. The third-order valence-corrected chi connectivity index (χ3v) is 6.89. The highest BCUT2D eigenvalue weighted by Gasteiger charge is 2.33. The van der Waals surface area contributed by atoms with E-state index in [2.05, 4.69) is 10.2 Å². The third-order valence-electron chi connectivity index (χ3n) is 6.15. The van der Waals surface area contributed by atoms with E-state index in [4.69, 9.17) is 27.9 Å². The van der Waals surface area contributed by atoms with Crippen LogP contribution < -0.4 is 5.32 Å². The molecule has 1 aliphatic carbocycles. The summed E-state index contributed by atoms with van der Waals surface area (Å²) >= 11 is 11.9. The summed E-state index contributed by atoms with van der Waals surface area (Å²) in [6.07, 6.45) is 6.72. The fraction of sp³-hybridized carbons (Fsp3) is 0.636. The lowest BCUT2D eigenvalue weighted by molar-refractivity contribution is -0.120. The van der Waals surface area contributed by atoms with Gasteiger partial charge in [-0.3, -0.25) is 4.79 Å². The maximum Gasteiger partial charge on any atom is 0.409 e. The molecule has 0 bridgehead atoms. The standard InChI is InChI=1S/C22H31Cl2N3O3/c1-30-22(29)27(18-6-4-5-17(15-18)26-10-2-3-11-26)12-9-25-21(28)14-16-7-8-19(23)20(24)13-16/h7-8,13,17-18H,2-6,9-12,14-15H2,1H3,(H,25,28)/t17-,18-/m1/s1. The molecule has 0 radical (unpaired) electrons. The number of likely N-dealkylation sites (tertiary alicyclic amines) is 1. The number of amides is 2. The average molecular weight is 456 g/mol. The van der Waals surface area contributed by atoms with Gasteiger partial charge in [0.25, 0.3) is 0 Å². The van der Waals surface area contributed by atoms with Gasteiger partial charge in [-0.15, -0.1) is 0 Å². The maximum atomic E-state index is 12.4. The van der Waals surface area contributed by atoms with Gasteiger partial charge in [-0.05, 0) is 69.3 Å². The first kappa shape index (κ1) is 23.2. The lowest BCUT2D eigenvalue weighted by Gasteiger charge is -2.40. The summed E-state index contributed by atoms with van der Waals surface area (Å²) < 4.78 is 5.04. The van der Waals surface area contributed by atoms with E-state index in [-0.39, 0.29) is 24.5 Å². The first-order valence-electron chi connectivity index (χ1n) is 10.8. The quantitative estimate of drug-likeness (QED) is 0.671. The molecule has 3 rings (SSSR count). The van der Waals surface area contributed by atoms with Crippen molar-refractivity contribution in [3.8, 4) is 0 Å². The van der Waals surface area contributed by atoms with Crippen LogP contribution in [0.25, 0.3) is 0 Å². The van der Waals surface area contributed by atoms with E-state index in [1.165, 1.54) is 39.5 Å². The Morgan fingerprint density at radius 2 is 1.93 bits per heavy atom. The number of hydrogen-bond acceptors (Lipinski definition) is 4. The number of nitrogens with zero attached hydrogens (tertiary/aromatic N) is 2. The van der Waals surface area contributed by atoms with E-state index in [1.807, 2.05) is 0 Å². The van der Waals surface area contributed by atoms with Gasteiger partial charge in [-0.1, -0.05) is 29.3 Å². The number of carbonyl (C=O) groups excluding carboxylic acids is 2. The fourth-order valence-electron chi connectivity index (χ4n) is 4.61. The monoisotopic (exact) mass is 455 g/mol. The van der Waals surface area contributed by atoms with Crippen LogP contribution >= 0.6 is 23.2 Å². The summed E-state index contributed by atoms with van der Waals surface area (Å²) in [7, 11) is 1.42. The van der Waals surface area contributed by atoms with E-state index in [0.717, 1.165) is 24.8 Å². The second-order valence-corrected chi connectivity index (χ2v) is 8.97. The van der Waals surface area contributed by atoms with Crippen molar-refractivity contribution in [1.29, 1.82) is 0 Å². The number of rotatable bonds is 7. The van der Waals surface area contributed by atoms with E-state index in [9.17, 15) is 9.59 Å². The van der Waals surface area contributed by atoms with Crippen molar-refractivity contribution in [2.45, 2.75) is 57.0 Å². The molecular formula is C22H31Cl2N3O3. The Morgan fingerprint density at radius 3 is 2.63 bits per heavy atom. The number of ether oxygens (including phenoxy) is 1. The second-order valence-electron chi connectivity index (χ2n) is 8.16. The number of nitrogens with one attached hydrogen (secondary N) is 1. The summed E-state index contributed by atoms with van der Waals surface area (Å²) in [4.78, 5) is 29.1. The van der Waals surface area contributed by atoms with Gasteiger partial charge in [0.15, 0.2) is 0 Å². The molecule has 2 amide bonds. The molecule has 8 heteroatoms. The van der Waals surface area contributed by atoms with Gasteiger partial charge in [0, 0.05) is 25.2 Å². The molecule has 6 nitrogen and oxygen atoms in total. The van der Waals surface area contributed by atoms with Crippen LogP contribution in [-0.4, -0.2) is 67.2 Å². The minimum Gasteiger partial charge on any atom is -0.453 e. The number of benzene rings is 1. The van der Waals surface area contributed by atoms with Gasteiger partial charge in [-0.25, -0.2) is 4.79 Å². The van der Waals surface area contributed by atoms with Crippen molar-refractivity contribution in [1.82, 2.24) is 15.1 Å². The Morgan fingerprint density at radius 1 is 1.17 bits per heavy atom. The van der Waals surface area contributed by atoms with Crippen LogP contribution in [0.15, 0.2) is 18.2 Å². The molecule has 0 unspecified atom stereocenters. The van der Waals surface area contributed by atoms with Crippen molar-refractivity contribution in [3.05, 3.63) is 33.8 Å². The smallest absolute Gasteiger partial charge is 0.409 e. The summed E-state index contributed by atoms with van der Waals surface area (Å²) in [6.45, 7) is 3.16. The summed E-state index contributed by atoms with van der Waals surface area (Å²) in [5.41, 5.74) is 0.799. The summed E-state index contributed by atoms with van der Waals surface area (Å²) in [5.74, 6) is -0.114. The molecule has 1 aromatic rings. The molecule has 0 spiro atoms. The normalized spacial score (nSPS) is 22.0. The molecular weight excluding hydrogens is 425 g/mol. The van der Waals surface area contributed by atoms with Gasteiger partial charge < -0.3 is 19.9 Å². The molecule has 166 valence electrons. The van der Waals surface area contributed by atoms with Gasteiger partial charge in [-0.2, -0.15) is 0 Å². The van der Waals surface area contributed by atoms with Crippen molar-refractivity contribution >= 4 is 35.2 Å². The number of methoxy groups -OCH3 is 1. The van der Waals surface area contributed by atoms with Crippen LogP contribution in [0.2, 0.25) is 10.0 Å². The Bertz CT molecular complexity index is 740. The highest BCUT2D eigenvalue weighted by molar-refractivity contribution is 6.42. The summed E-state index contributed by atoms with van der Waals surface area (Å²) in [6, 6.07) is 5.87. The number of carbonyl (C=O) groups is 2. The predicted molar refractivity (Wildman–Crippen MR) is 119 cm³/mol. The second kappa shape index (κ2) is 11.2. The minimum atomic E-state index is -0.319. The maximum absolute atomic E-state index is 12.4. The molecule has 1 saturated carbocycles. The zero-order chi connectivity index (χ0) is 21.5. The largest absolute Gasteiger partial charge is 0.453 e. The molecule has 30 heavy (non-hydrogen) atoms. The Kier molecular flexibility index (Phi) is 8.66. The average Bonchev–Trinajstić information content (AvgIpc) is 3.28.